The quantitative estimate of drug-likeness (QED) is 0.407. The summed E-state index contributed by atoms with van der Waals surface area (Å²) >= 11 is 3.53. The number of para-hydroxylation sites is 1. The Bertz CT molecular complexity index is 1280. The molecule has 0 saturated heterocycles. The number of rotatable bonds is 6. The Morgan fingerprint density at radius 3 is 2.30 bits per heavy atom. The van der Waals surface area contributed by atoms with Gasteiger partial charge in [0.1, 0.15) is 17.3 Å². The largest absolute Gasteiger partial charge is 0.496 e. The lowest BCUT2D eigenvalue weighted by molar-refractivity contribution is -0.113. The van der Waals surface area contributed by atoms with Gasteiger partial charge in [0, 0.05) is 15.6 Å². The molecule has 33 heavy (non-hydrogen) atoms. The van der Waals surface area contributed by atoms with Crippen molar-refractivity contribution in [3.63, 3.8) is 0 Å². The molecule has 0 fully saturated rings. The highest BCUT2D eigenvalue weighted by Gasteiger charge is 2.33. The van der Waals surface area contributed by atoms with Crippen LogP contribution in [0, 0.1) is 6.92 Å². The summed E-state index contributed by atoms with van der Waals surface area (Å²) in [6.07, 6.45) is 1.74. The van der Waals surface area contributed by atoms with E-state index in [0.717, 1.165) is 26.9 Å². The minimum absolute atomic E-state index is 0.229. The summed E-state index contributed by atoms with van der Waals surface area (Å²) in [5, 5.41) is 0. The number of carbonyl (C=O) groups is 1. The van der Waals surface area contributed by atoms with E-state index in [4.69, 9.17) is 19.2 Å². The minimum Gasteiger partial charge on any atom is -0.496 e. The smallest absolute Gasteiger partial charge is 0.282 e. The van der Waals surface area contributed by atoms with E-state index >= 15 is 0 Å². The van der Waals surface area contributed by atoms with Crippen LogP contribution in [0.5, 0.6) is 17.2 Å². The maximum atomic E-state index is 13.6. The second-order valence-corrected chi connectivity index (χ2v) is 8.21. The van der Waals surface area contributed by atoms with Crippen molar-refractivity contribution in [2.24, 2.45) is 4.99 Å². The molecule has 0 aliphatic carbocycles. The average Bonchev–Trinajstić information content (AvgIpc) is 3.16. The number of anilines is 1. The van der Waals surface area contributed by atoms with Gasteiger partial charge in [-0.1, -0.05) is 34.1 Å². The predicted molar refractivity (Wildman–Crippen MR) is 133 cm³/mol. The van der Waals surface area contributed by atoms with Crippen molar-refractivity contribution in [2.45, 2.75) is 6.92 Å². The Kier molecular flexibility index (Phi) is 6.51. The zero-order chi connectivity index (χ0) is 23.5. The summed E-state index contributed by atoms with van der Waals surface area (Å²) in [5.74, 6) is 2.09. The number of methoxy groups -OCH3 is 3. The first kappa shape index (κ1) is 22.6. The third-order valence-corrected chi connectivity index (χ3v) is 6.22. The fourth-order valence-electron chi connectivity index (χ4n) is 3.63. The van der Waals surface area contributed by atoms with Crippen molar-refractivity contribution >= 4 is 39.4 Å². The lowest BCUT2D eigenvalue weighted by atomic mass is 10.1. The van der Waals surface area contributed by atoms with Gasteiger partial charge in [0.05, 0.1) is 27.0 Å². The maximum absolute atomic E-state index is 13.6. The molecular weight excluding hydrogens is 484 g/mol. The van der Waals surface area contributed by atoms with E-state index in [9.17, 15) is 4.79 Å². The number of hydrogen-bond acceptors (Lipinski definition) is 5. The Hall–Kier alpha value is -3.58. The number of ether oxygens (including phenoxy) is 3. The van der Waals surface area contributed by atoms with Crippen LogP contribution in [0.25, 0.3) is 6.08 Å². The van der Waals surface area contributed by atoms with Crippen LogP contribution >= 0.6 is 15.9 Å². The van der Waals surface area contributed by atoms with Crippen LogP contribution in [-0.4, -0.2) is 33.1 Å². The van der Waals surface area contributed by atoms with Gasteiger partial charge in [-0.15, -0.1) is 0 Å². The molecule has 3 aromatic carbocycles. The molecule has 6 nitrogen and oxygen atoms in total. The summed E-state index contributed by atoms with van der Waals surface area (Å²) in [6, 6.07) is 18.7. The fraction of sp³-hybridized carbons (Fsp3) is 0.154. The van der Waals surface area contributed by atoms with Gasteiger partial charge < -0.3 is 14.2 Å². The molecule has 1 aliphatic heterocycles. The van der Waals surface area contributed by atoms with Crippen molar-refractivity contribution < 1.29 is 19.0 Å². The van der Waals surface area contributed by atoms with Crippen molar-refractivity contribution in [1.82, 2.24) is 0 Å². The normalized spacial score (nSPS) is 14.5. The van der Waals surface area contributed by atoms with Crippen LogP contribution in [0.15, 0.2) is 75.8 Å². The summed E-state index contributed by atoms with van der Waals surface area (Å²) in [5.41, 5.74) is 3.54. The third kappa shape index (κ3) is 4.36. The number of hydrogen-bond donors (Lipinski definition) is 0. The van der Waals surface area contributed by atoms with Crippen LogP contribution in [0.3, 0.4) is 0 Å². The zero-order valence-corrected chi connectivity index (χ0v) is 20.3. The van der Waals surface area contributed by atoms with Crippen LogP contribution in [0.4, 0.5) is 5.69 Å². The third-order valence-electron chi connectivity index (χ3n) is 5.33. The number of aliphatic imine (C=N–C) groups is 1. The predicted octanol–water partition coefficient (Wildman–Crippen LogP) is 5.62. The van der Waals surface area contributed by atoms with Gasteiger partial charge in [0.15, 0.2) is 11.5 Å². The zero-order valence-electron chi connectivity index (χ0n) is 18.8. The molecule has 7 heteroatoms. The van der Waals surface area contributed by atoms with Crippen molar-refractivity contribution in [1.29, 1.82) is 0 Å². The second kappa shape index (κ2) is 9.50. The SMILES string of the molecule is COc1ccccc1C=C1N=C(c2ccc(OC)c(OC)c2)N(c2ccc(Br)c(C)c2)C1=O. The number of carbonyl (C=O) groups excluding carboxylic acids is 1. The lowest BCUT2D eigenvalue weighted by Crippen LogP contribution is -2.32. The summed E-state index contributed by atoms with van der Waals surface area (Å²) in [7, 11) is 4.76. The Morgan fingerprint density at radius 1 is 0.879 bits per heavy atom. The van der Waals surface area contributed by atoms with Gasteiger partial charge >= 0.3 is 0 Å². The Morgan fingerprint density at radius 2 is 1.61 bits per heavy atom. The average molecular weight is 507 g/mol. The van der Waals surface area contributed by atoms with Gasteiger partial charge in [0.2, 0.25) is 0 Å². The van der Waals surface area contributed by atoms with Gasteiger partial charge in [-0.25, -0.2) is 4.99 Å². The molecule has 4 rings (SSSR count). The van der Waals surface area contributed by atoms with Gasteiger partial charge in [-0.3, -0.25) is 9.69 Å². The standard InChI is InChI=1S/C26H23BrN2O4/c1-16-13-19(10-11-20(16)27)29-25(18-9-12-23(32-3)24(15-18)33-4)28-21(26(29)30)14-17-7-5-6-8-22(17)31-2/h5-15H,1-4H3. The van der Waals surface area contributed by atoms with Crippen LogP contribution in [0.1, 0.15) is 16.7 Å². The molecule has 1 amide bonds. The molecule has 0 N–H and O–H groups in total. The highest BCUT2D eigenvalue weighted by atomic mass is 79.9. The summed E-state index contributed by atoms with van der Waals surface area (Å²) in [4.78, 5) is 20.0. The molecule has 0 unspecified atom stereocenters. The van der Waals surface area contributed by atoms with E-state index in [1.165, 1.54) is 0 Å². The molecule has 1 aliphatic rings. The first-order chi connectivity index (χ1) is 16.0. The summed E-state index contributed by atoms with van der Waals surface area (Å²) in [6.45, 7) is 1.98. The van der Waals surface area contributed by atoms with Crippen molar-refractivity contribution in [2.75, 3.05) is 26.2 Å². The molecule has 0 aromatic heterocycles. The van der Waals surface area contributed by atoms with Gasteiger partial charge in [0.25, 0.3) is 5.91 Å². The number of aryl methyl sites for hydroxylation is 1. The summed E-state index contributed by atoms with van der Waals surface area (Å²) < 4.78 is 17.2. The molecule has 0 bridgehead atoms. The van der Waals surface area contributed by atoms with E-state index in [-0.39, 0.29) is 5.91 Å². The number of benzene rings is 3. The number of nitrogens with zero attached hydrogens (tertiary/aromatic N) is 2. The fourth-order valence-corrected chi connectivity index (χ4v) is 3.87. The molecule has 168 valence electrons. The monoisotopic (exact) mass is 506 g/mol. The maximum Gasteiger partial charge on any atom is 0.282 e. The first-order valence-electron chi connectivity index (χ1n) is 10.2. The van der Waals surface area contributed by atoms with E-state index in [1.807, 2.05) is 61.5 Å². The minimum atomic E-state index is -0.229. The first-order valence-corrected chi connectivity index (χ1v) is 11.0. The Labute approximate surface area is 201 Å². The highest BCUT2D eigenvalue weighted by molar-refractivity contribution is 9.10. The highest BCUT2D eigenvalue weighted by Crippen LogP contribution is 2.34. The van der Waals surface area contributed by atoms with Crippen molar-refractivity contribution in [3.8, 4) is 17.2 Å². The van der Waals surface area contributed by atoms with E-state index in [0.29, 0.717) is 28.8 Å². The van der Waals surface area contributed by atoms with Gasteiger partial charge in [-0.05, 0) is 61.0 Å². The van der Waals surface area contributed by atoms with Crippen LogP contribution in [0.2, 0.25) is 0 Å². The van der Waals surface area contributed by atoms with Crippen LogP contribution < -0.4 is 19.1 Å². The van der Waals surface area contributed by atoms with E-state index < -0.39 is 0 Å². The topological polar surface area (TPSA) is 60.4 Å². The van der Waals surface area contributed by atoms with Crippen molar-refractivity contribution in [3.05, 3.63) is 87.5 Å². The molecule has 0 saturated carbocycles. The second-order valence-electron chi connectivity index (χ2n) is 7.35. The molecular formula is C26H23BrN2O4. The molecule has 3 aromatic rings. The molecule has 1 heterocycles. The lowest BCUT2D eigenvalue weighted by Gasteiger charge is -2.20. The molecule has 0 spiro atoms. The van der Waals surface area contributed by atoms with Crippen LogP contribution in [-0.2, 0) is 4.79 Å². The van der Waals surface area contributed by atoms with Gasteiger partial charge in [-0.2, -0.15) is 0 Å². The molecule has 0 atom stereocenters. The number of halogens is 1. The van der Waals surface area contributed by atoms with E-state index in [1.54, 1.807) is 38.4 Å². The molecule has 0 radical (unpaired) electrons. The number of amides is 1. The van der Waals surface area contributed by atoms with E-state index in [2.05, 4.69) is 15.9 Å². The Balaban J connectivity index is 1.88. The number of amidine groups is 1.